The van der Waals surface area contributed by atoms with Gasteiger partial charge in [-0.15, -0.1) is 0 Å². The van der Waals surface area contributed by atoms with Crippen LogP contribution in [0.4, 0.5) is 5.82 Å². The molecule has 2 N–H and O–H groups in total. The van der Waals surface area contributed by atoms with Gasteiger partial charge in [0, 0.05) is 38.4 Å². The third-order valence-electron chi connectivity index (χ3n) is 3.03. The largest absolute Gasteiger partial charge is 0.369 e. The van der Waals surface area contributed by atoms with E-state index in [4.69, 9.17) is 0 Å². The van der Waals surface area contributed by atoms with Gasteiger partial charge in [0.2, 0.25) is 0 Å². The van der Waals surface area contributed by atoms with Crippen LogP contribution in [0.25, 0.3) is 0 Å². The van der Waals surface area contributed by atoms with Crippen LogP contribution in [-0.4, -0.2) is 38.7 Å². The molecule has 2 aromatic heterocycles. The molecular formula is C14H20N6O. The molecular weight excluding hydrogens is 268 g/mol. The summed E-state index contributed by atoms with van der Waals surface area (Å²) in [6.45, 7) is 3.45. The van der Waals surface area contributed by atoms with Crippen LogP contribution in [0.2, 0.25) is 0 Å². The number of anilines is 1. The first-order chi connectivity index (χ1) is 10.2. The predicted molar refractivity (Wildman–Crippen MR) is 80.1 cm³/mol. The van der Waals surface area contributed by atoms with Gasteiger partial charge in [-0.3, -0.25) is 9.48 Å². The van der Waals surface area contributed by atoms with Crippen LogP contribution in [0.1, 0.15) is 29.5 Å². The number of aryl methyl sites for hydroxylation is 1. The van der Waals surface area contributed by atoms with Gasteiger partial charge in [-0.25, -0.2) is 9.97 Å². The molecule has 0 fully saturated rings. The first-order valence-electron chi connectivity index (χ1n) is 7.01. The number of carbonyl (C=O) groups is 1. The smallest absolute Gasteiger partial charge is 0.271 e. The van der Waals surface area contributed by atoms with Crippen LogP contribution in [0.3, 0.4) is 0 Å². The molecule has 2 rings (SSSR count). The normalized spacial score (nSPS) is 10.4. The monoisotopic (exact) mass is 288 g/mol. The highest BCUT2D eigenvalue weighted by molar-refractivity contribution is 5.91. The Bertz CT molecular complexity index is 577. The van der Waals surface area contributed by atoms with Crippen LogP contribution in [0.5, 0.6) is 0 Å². The summed E-state index contributed by atoms with van der Waals surface area (Å²) in [5.41, 5.74) is 1.39. The maximum absolute atomic E-state index is 11.9. The second-order valence-corrected chi connectivity index (χ2v) is 4.67. The van der Waals surface area contributed by atoms with Gasteiger partial charge in [0.15, 0.2) is 0 Å². The Morgan fingerprint density at radius 1 is 1.29 bits per heavy atom. The van der Waals surface area contributed by atoms with Crippen molar-refractivity contribution in [3.05, 3.63) is 36.0 Å². The summed E-state index contributed by atoms with van der Waals surface area (Å²) in [7, 11) is 1.88. The molecule has 0 spiro atoms. The molecule has 0 radical (unpaired) electrons. The van der Waals surface area contributed by atoms with Gasteiger partial charge in [-0.1, -0.05) is 6.92 Å². The predicted octanol–water partition coefficient (Wildman–Crippen LogP) is 1.00. The summed E-state index contributed by atoms with van der Waals surface area (Å²) in [5.74, 6) is 0.468. The lowest BCUT2D eigenvalue weighted by molar-refractivity contribution is 0.0948. The zero-order valence-corrected chi connectivity index (χ0v) is 12.3. The second-order valence-electron chi connectivity index (χ2n) is 4.67. The number of rotatable bonds is 7. The summed E-state index contributed by atoms with van der Waals surface area (Å²) in [6.07, 6.45) is 6.54. The molecule has 0 saturated heterocycles. The van der Waals surface area contributed by atoms with Crippen molar-refractivity contribution >= 4 is 11.7 Å². The van der Waals surface area contributed by atoms with Crippen LogP contribution in [-0.2, 0) is 13.5 Å². The van der Waals surface area contributed by atoms with Gasteiger partial charge in [0.1, 0.15) is 11.5 Å². The van der Waals surface area contributed by atoms with Crippen molar-refractivity contribution in [1.29, 1.82) is 0 Å². The van der Waals surface area contributed by atoms with Gasteiger partial charge in [0.25, 0.3) is 5.91 Å². The van der Waals surface area contributed by atoms with E-state index in [1.165, 1.54) is 6.20 Å². The third-order valence-corrected chi connectivity index (χ3v) is 3.03. The fourth-order valence-electron chi connectivity index (χ4n) is 1.83. The topological polar surface area (TPSA) is 84.7 Å². The first-order valence-corrected chi connectivity index (χ1v) is 7.01. The number of hydrogen-bond acceptors (Lipinski definition) is 5. The maximum atomic E-state index is 11.9. The highest BCUT2D eigenvalue weighted by Gasteiger charge is 2.08. The Morgan fingerprint density at radius 3 is 2.76 bits per heavy atom. The molecule has 112 valence electrons. The van der Waals surface area contributed by atoms with Gasteiger partial charge in [-0.2, -0.15) is 5.10 Å². The molecule has 7 heteroatoms. The summed E-state index contributed by atoms with van der Waals surface area (Å²) in [6, 6.07) is 1.93. The molecule has 0 atom stereocenters. The van der Waals surface area contributed by atoms with Crippen molar-refractivity contribution in [2.75, 3.05) is 18.4 Å². The fourth-order valence-corrected chi connectivity index (χ4v) is 1.83. The average Bonchev–Trinajstić information content (AvgIpc) is 2.91. The summed E-state index contributed by atoms with van der Waals surface area (Å²) in [4.78, 5) is 20.2. The van der Waals surface area contributed by atoms with Crippen molar-refractivity contribution in [1.82, 2.24) is 25.1 Å². The van der Waals surface area contributed by atoms with Gasteiger partial charge < -0.3 is 10.6 Å². The molecule has 0 aliphatic rings. The fraction of sp³-hybridized carbons (Fsp3) is 0.429. The van der Waals surface area contributed by atoms with Crippen molar-refractivity contribution in [2.24, 2.45) is 7.05 Å². The highest BCUT2D eigenvalue weighted by Crippen LogP contribution is 2.01. The van der Waals surface area contributed by atoms with E-state index in [0.29, 0.717) is 18.1 Å². The van der Waals surface area contributed by atoms with Gasteiger partial charge in [0.05, 0.1) is 12.4 Å². The first kappa shape index (κ1) is 15.0. The Morgan fingerprint density at radius 2 is 2.14 bits per heavy atom. The van der Waals surface area contributed by atoms with E-state index in [9.17, 15) is 4.79 Å². The molecule has 0 bridgehead atoms. The number of amides is 1. The average molecular weight is 288 g/mol. The van der Waals surface area contributed by atoms with Crippen LogP contribution < -0.4 is 10.6 Å². The van der Waals surface area contributed by atoms with E-state index >= 15 is 0 Å². The zero-order valence-electron chi connectivity index (χ0n) is 12.3. The Labute approximate surface area is 123 Å². The van der Waals surface area contributed by atoms with Crippen molar-refractivity contribution in [3.8, 4) is 0 Å². The Hall–Kier alpha value is -2.44. The van der Waals surface area contributed by atoms with E-state index in [0.717, 1.165) is 25.1 Å². The SMILES string of the molecule is CCCNc1cnc(C(=O)NCCc2ccnn2C)cn1. The minimum Gasteiger partial charge on any atom is -0.369 e. The number of aromatic nitrogens is 4. The maximum Gasteiger partial charge on any atom is 0.271 e. The van der Waals surface area contributed by atoms with Crippen LogP contribution in [0.15, 0.2) is 24.7 Å². The zero-order chi connectivity index (χ0) is 15.1. The molecule has 2 aromatic rings. The van der Waals surface area contributed by atoms with E-state index in [2.05, 4.69) is 32.6 Å². The van der Waals surface area contributed by atoms with Crippen LogP contribution >= 0.6 is 0 Å². The highest BCUT2D eigenvalue weighted by atomic mass is 16.1. The lowest BCUT2D eigenvalue weighted by Gasteiger charge is -2.06. The molecule has 0 aliphatic carbocycles. The van der Waals surface area contributed by atoms with E-state index in [1.807, 2.05) is 13.1 Å². The molecule has 0 unspecified atom stereocenters. The van der Waals surface area contributed by atoms with Gasteiger partial charge in [-0.05, 0) is 12.5 Å². The quantitative estimate of drug-likeness (QED) is 0.794. The standard InChI is InChI=1S/C14H20N6O/c1-3-6-15-13-10-17-12(9-18-13)14(21)16-7-4-11-5-8-19-20(11)2/h5,8-10H,3-4,6-7H2,1-2H3,(H,15,18)(H,16,21). The van der Waals surface area contributed by atoms with Crippen molar-refractivity contribution in [2.45, 2.75) is 19.8 Å². The van der Waals surface area contributed by atoms with Crippen molar-refractivity contribution < 1.29 is 4.79 Å². The number of carbonyl (C=O) groups excluding carboxylic acids is 1. The van der Waals surface area contributed by atoms with E-state index < -0.39 is 0 Å². The molecule has 0 aliphatic heterocycles. The molecule has 1 amide bonds. The molecule has 0 saturated carbocycles. The lowest BCUT2D eigenvalue weighted by atomic mass is 10.3. The minimum absolute atomic E-state index is 0.216. The summed E-state index contributed by atoms with van der Waals surface area (Å²) < 4.78 is 1.79. The number of nitrogens with one attached hydrogen (secondary N) is 2. The summed E-state index contributed by atoms with van der Waals surface area (Å²) in [5, 5.41) is 10.0. The second kappa shape index (κ2) is 7.37. The Balaban J connectivity index is 1.81. The molecule has 0 aromatic carbocycles. The Kier molecular flexibility index (Phi) is 5.25. The number of nitrogens with zero attached hydrogens (tertiary/aromatic N) is 4. The minimum atomic E-state index is -0.216. The molecule has 7 nitrogen and oxygen atoms in total. The van der Waals surface area contributed by atoms with Crippen molar-refractivity contribution in [3.63, 3.8) is 0 Å². The molecule has 21 heavy (non-hydrogen) atoms. The van der Waals surface area contributed by atoms with E-state index in [1.54, 1.807) is 17.1 Å². The van der Waals surface area contributed by atoms with Gasteiger partial charge >= 0.3 is 0 Å². The van der Waals surface area contributed by atoms with Crippen LogP contribution in [0, 0.1) is 0 Å². The van der Waals surface area contributed by atoms with E-state index in [-0.39, 0.29) is 5.91 Å². The molecule has 2 heterocycles. The third kappa shape index (κ3) is 4.27. The summed E-state index contributed by atoms with van der Waals surface area (Å²) >= 11 is 0. The lowest BCUT2D eigenvalue weighted by Crippen LogP contribution is -2.27. The number of hydrogen-bond donors (Lipinski definition) is 2.